The first-order valence-corrected chi connectivity index (χ1v) is 16.2. The topological polar surface area (TPSA) is 71.4 Å². The summed E-state index contributed by atoms with van der Waals surface area (Å²) in [6, 6.07) is 5.84. The minimum atomic E-state index is -0.0607. The van der Waals surface area contributed by atoms with E-state index in [-0.39, 0.29) is 17.2 Å². The summed E-state index contributed by atoms with van der Waals surface area (Å²) in [5, 5.41) is 21.3. The molecule has 0 aliphatic carbocycles. The largest absolute Gasteiger partial charge is 0.494 e. The average Bonchev–Trinajstić information content (AvgIpc) is 3.12. The smallest absolute Gasteiger partial charge is 0.208 e. The molecule has 1 aromatic carbocycles. The zero-order valence-electron chi connectivity index (χ0n) is 25.1. The van der Waals surface area contributed by atoms with Crippen LogP contribution in [0.4, 0.5) is 5.69 Å². The van der Waals surface area contributed by atoms with Crippen molar-refractivity contribution in [2.75, 3.05) is 5.73 Å². The van der Waals surface area contributed by atoms with Crippen LogP contribution in [0.2, 0.25) is 0 Å². The Morgan fingerprint density at radius 1 is 0.737 bits per heavy atom. The summed E-state index contributed by atoms with van der Waals surface area (Å²) in [5.41, 5.74) is 9.25. The van der Waals surface area contributed by atoms with Crippen molar-refractivity contribution in [3.05, 3.63) is 29.3 Å². The monoisotopic (exact) mass is 544 g/mol. The van der Waals surface area contributed by atoms with Gasteiger partial charge in [-0.1, -0.05) is 136 Å². The average molecular weight is 545 g/mol. The molecule has 0 radical (unpaired) electrons. The second kappa shape index (κ2) is 17.0. The van der Waals surface area contributed by atoms with Crippen LogP contribution in [-0.2, 0) is 12.0 Å². The van der Waals surface area contributed by atoms with E-state index in [1.165, 1.54) is 102 Å². The van der Waals surface area contributed by atoms with Crippen molar-refractivity contribution in [2.45, 2.75) is 159 Å². The molecule has 0 amide bonds. The Kier molecular flexibility index (Phi) is 14.6. The maximum Gasteiger partial charge on any atom is 0.208 e. The first kappa shape index (κ1) is 32.5. The van der Waals surface area contributed by atoms with Crippen LogP contribution < -0.4 is 5.73 Å². The van der Waals surface area contributed by atoms with Gasteiger partial charge in [0.15, 0.2) is 5.88 Å². The van der Waals surface area contributed by atoms with E-state index < -0.39 is 0 Å². The van der Waals surface area contributed by atoms with Gasteiger partial charge in [-0.15, -0.1) is 0 Å². The molecule has 0 spiro atoms. The summed E-state index contributed by atoms with van der Waals surface area (Å²) >= 11 is 1.48. The van der Waals surface area contributed by atoms with Gasteiger partial charge in [-0.3, -0.25) is 4.57 Å². The third-order valence-electron chi connectivity index (χ3n) is 7.64. The fourth-order valence-electron chi connectivity index (χ4n) is 5.19. The third kappa shape index (κ3) is 11.2. The number of aromatic hydroxyl groups is 2. The van der Waals surface area contributed by atoms with Crippen LogP contribution in [-0.4, -0.2) is 14.8 Å². The Hall–Kier alpha value is -1.75. The normalized spacial score (nSPS) is 11.9. The number of anilines is 1. The summed E-state index contributed by atoms with van der Waals surface area (Å²) in [5.74, 6) is 0.286. The highest BCUT2D eigenvalue weighted by Gasteiger charge is 2.21. The Balaban J connectivity index is 1.64. The molecule has 1 heterocycles. The third-order valence-corrected chi connectivity index (χ3v) is 8.64. The lowest BCUT2D eigenvalue weighted by molar-refractivity contribution is 0.357. The van der Waals surface area contributed by atoms with Crippen molar-refractivity contribution in [1.29, 1.82) is 0 Å². The number of hydrogen-bond acceptors (Lipinski definition) is 4. The molecule has 0 bridgehead atoms. The molecule has 0 aliphatic rings. The predicted octanol–water partition coefficient (Wildman–Crippen LogP) is 10.5. The Morgan fingerprint density at radius 3 is 1.68 bits per heavy atom. The van der Waals surface area contributed by atoms with Crippen LogP contribution in [0.15, 0.2) is 28.0 Å². The molecule has 4 nitrogen and oxygen atoms in total. The van der Waals surface area contributed by atoms with Gasteiger partial charge in [-0.05, 0) is 42.0 Å². The van der Waals surface area contributed by atoms with Crippen LogP contribution in [0.1, 0.15) is 142 Å². The lowest BCUT2D eigenvalue weighted by Gasteiger charge is -2.23. The first-order chi connectivity index (χ1) is 18.1. The lowest BCUT2D eigenvalue weighted by Crippen LogP contribution is -2.14. The minimum Gasteiger partial charge on any atom is -0.494 e. The van der Waals surface area contributed by atoms with E-state index in [1.54, 1.807) is 10.6 Å². The fraction of sp³-hybridized carbons (Fsp3) is 0.697. The van der Waals surface area contributed by atoms with Crippen LogP contribution in [0.25, 0.3) is 0 Å². The minimum absolute atomic E-state index is 0.0607. The molecule has 5 heteroatoms. The van der Waals surface area contributed by atoms with Crippen molar-refractivity contribution in [3.63, 3.8) is 0 Å². The predicted molar refractivity (Wildman–Crippen MR) is 166 cm³/mol. The summed E-state index contributed by atoms with van der Waals surface area (Å²) in [4.78, 5) is 1.71. The Bertz CT molecular complexity index is 945. The van der Waals surface area contributed by atoms with Crippen molar-refractivity contribution in [2.24, 2.45) is 0 Å². The number of benzene rings is 1. The van der Waals surface area contributed by atoms with E-state index in [9.17, 15) is 10.2 Å². The number of hydrogen-bond donors (Lipinski definition) is 3. The van der Waals surface area contributed by atoms with Crippen LogP contribution in [0, 0.1) is 6.92 Å². The SMILES string of the molecule is CCCCCCCCCCCCCCCCCCn1c(O)cc(Sc2cc(C)c(N)c(C(C)(C)C)c2)c1O. The van der Waals surface area contributed by atoms with E-state index in [2.05, 4.69) is 39.8 Å². The number of unbranched alkanes of at least 4 members (excludes halogenated alkanes) is 15. The number of aromatic nitrogens is 1. The van der Waals surface area contributed by atoms with Gasteiger partial charge in [0.25, 0.3) is 0 Å². The van der Waals surface area contributed by atoms with Crippen LogP contribution >= 0.6 is 11.8 Å². The zero-order chi connectivity index (χ0) is 28.0. The van der Waals surface area contributed by atoms with E-state index >= 15 is 0 Å². The highest BCUT2D eigenvalue weighted by Crippen LogP contribution is 2.42. The molecule has 38 heavy (non-hydrogen) atoms. The highest BCUT2D eigenvalue weighted by atomic mass is 32.2. The summed E-state index contributed by atoms with van der Waals surface area (Å²) in [6.07, 6.45) is 21.4. The van der Waals surface area contributed by atoms with Gasteiger partial charge in [0.05, 0.1) is 4.90 Å². The molecular weight excluding hydrogens is 488 g/mol. The van der Waals surface area contributed by atoms with E-state index in [1.807, 2.05) is 6.92 Å². The molecule has 0 saturated heterocycles. The summed E-state index contributed by atoms with van der Waals surface area (Å²) < 4.78 is 1.64. The second-order valence-electron chi connectivity index (χ2n) is 12.2. The number of nitrogen functional groups attached to an aromatic ring is 1. The van der Waals surface area contributed by atoms with Gasteiger partial charge < -0.3 is 15.9 Å². The number of rotatable bonds is 19. The summed E-state index contributed by atoms with van der Waals surface area (Å²) in [6.45, 7) is 11.4. The van der Waals surface area contributed by atoms with E-state index in [0.717, 1.165) is 34.6 Å². The molecule has 216 valence electrons. The Morgan fingerprint density at radius 2 is 1.21 bits per heavy atom. The summed E-state index contributed by atoms with van der Waals surface area (Å²) in [7, 11) is 0. The molecule has 0 unspecified atom stereocenters. The molecule has 2 rings (SSSR count). The van der Waals surface area contributed by atoms with Crippen molar-refractivity contribution >= 4 is 17.4 Å². The number of nitrogens with two attached hydrogens (primary N) is 1. The molecule has 0 fully saturated rings. The zero-order valence-corrected chi connectivity index (χ0v) is 25.9. The van der Waals surface area contributed by atoms with Gasteiger partial charge in [0.1, 0.15) is 0 Å². The van der Waals surface area contributed by atoms with Crippen LogP contribution in [0.3, 0.4) is 0 Å². The van der Waals surface area contributed by atoms with Crippen molar-refractivity contribution in [1.82, 2.24) is 4.57 Å². The van der Waals surface area contributed by atoms with Crippen molar-refractivity contribution < 1.29 is 10.2 Å². The standard InChI is InChI=1S/C33H56N2O2S/c1-6-7-8-9-10-11-12-13-14-15-16-17-18-19-20-21-22-35-30(36)25-29(32(35)37)38-27-23-26(2)31(34)28(24-27)33(3,4)5/h23-25,36-37H,6-22,34H2,1-5H3. The molecule has 0 saturated carbocycles. The van der Waals surface area contributed by atoms with Gasteiger partial charge in [-0.25, -0.2) is 0 Å². The van der Waals surface area contributed by atoms with Crippen molar-refractivity contribution in [3.8, 4) is 11.8 Å². The molecular formula is C33H56N2O2S. The quantitative estimate of drug-likeness (QED) is 0.121. The van der Waals surface area contributed by atoms with Gasteiger partial charge >= 0.3 is 0 Å². The number of aryl methyl sites for hydroxylation is 1. The highest BCUT2D eigenvalue weighted by molar-refractivity contribution is 7.99. The Labute approximate surface area is 237 Å². The molecule has 1 aromatic heterocycles. The van der Waals surface area contributed by atoms with Crippen LogP contribution in [0.5, 0.6) is 11.8 Å². The molecule has 4 N–H and O–H groups in total. The molecule has 0 atom stereocenters. The van der Waals surface area contributed by atoms with Gasteiger partial charge in [0.2, 0.25) is 5.88 Å². The number of nitrogens with zero attached hydrogens (tertiary/aromatic N) is 1. The molecule has 0 aliphatic heterocycles. The van der Waals surface area contributed by atoms with E-state index in [4.69, 9.17) is 5.73 Å². The first-order valence-electron chi connectivity index (χ1n) is 15.3. The van der Waals surface area contributed by atoms with E-state index in [0.29, 0.717) is 11.4 Å². The maximum atomic E-state index is 10.8. The second-order valence-corrected chi connectivity index (χ2v) is 13.3. The fourth-order valence-corrected chi connectivity index (χ4v) is 6.22. The maximum absolute atomic E-state index is 10.8. The van der Waals surface area contributed by atoms with Gasteiger partial charge in [-0.2, -0.15) is 0 Å². The lowest BCUT2D eigenvalue weighted by atomic mass is 9.85. The van der Waals surface area contributed by atoms with Gasteiger partial charge in [0, 0.05) is 23.2 Å². The molecule has 2 aromatic rings.